The maximum Gasteiger partial charge on any atom is 0.246 e. The van der Waals surface area contributed by atoms with Gasteiger partial charge >= 0.3 is 0 Å². The van der Waals surface area contributed by atoms with Gasteiger partial charge in [0.25, 0.3) is 0 Å². The van der Waals surface area contributed by atoms with Crippen LogP contribution >= 0.6 is 0 Å². The topological polar surface area (TPSA) is 57.6 Å². The number of aromatic nitrogens is 1. The highest BCUT2D eigenvalue weighted by atomic mass is 16.2. The van der Waals surface area contributed by atoms with E-state index in [0.29, 0.717) is 38.8 Å². The molecule has 0 radical (unpaired) electrons. The van der Waals surface area contributed by atoms with Gasteiger partial charge < -0.3 is 14.8 Å². The molecule has 6 nitrogen and oxygen atoms in total. The van der Waals surface area contributed by atoms with Gasteiger partial charge in [0.1, 0.15) is 0 Å². The van der Waals surface area contributed by atoms with Gasteiger partial charge in [-0.15, -0.1) is 0 Å². The molecule has 1 saturated heterocycles. The van der Waals surface area contributed by atoms with Crippen LogP contribution in [-0.2, 0) is 9.59 Å². The number of hydrogen-bond donors (Lipinski definition) is 1. The zero-order chi connectivity index (χ0) is 22.8. The molecule has 1 aliphatic heterocycles. The Balaban J connectivity index is 1.27. The maximum atomic E-state index is 12.7. The first-order chi connectivity index (χ1) is 15.3. The van der Waals surface area contributed by atoms with Crippen LogP contribution in [0.4, 0.5) is 5.69 Å². The van der Waals surface area contributed by atoms with Crippen molar-refractivity contribution >= 4 is 23.6 Å². The van der Waals surface area contributed by atoms with Gasteiger partial charge in [-0.25, -0.2) is 0 Å². The first-order valence-electron chi connectivity index (χ1n) is 11.6. The fourth-order valence-corrected chi connectivity index (χ4v) is 4.65. The highest BCUT2D eigenvalue weighted by Gasteiger charge is 2.27. The molecule has 1 aromatic heterocycles. The molecule has 0 spiro atoms. The number of anilines is 1. The van der Waals surface area contributed by atoms with Crippen LogP contribution in [0.15, 0.2) is 30.3 Å². The van der Waals surface area contributed by atoms with Crippen molar-refractivity contribution in [1.82, 2.24) is 14.4 Å². The van der Waals surface area contributed by atoms with E-state index in [1.165, 1.54) is 24.2 Å². The normalized spacial score (nSPS) is 17.2. The Morgan fingerprint density at radius 3 is 2.31 bits per heavy atom. The number of carbonyl (C=O) groups excluding carboxylic acids is 2. The molecule has 0 bridgehead atoms. The van der Waals surface area contributed by atoms with Crippen LogP contribution in [-0.4, -0.2) is 58.9 Å². The standard InChI is InChI=1S/C26H34N4O2/c1-18-6-5-7-19(2)26(18)27-24(31)17-28-12-14-29(15-13-28)25(32)11-8-22-16-20(3)30(21(22)4)23-9-10-23/h5-8,11,16,23H,9-10,12-15,17H2,1-4H3,(H,27,31). The number of piperazine rings is 1. The third-order valence-corrected chi connectivity index (χ3v) is 6.64. The lowest BCUT2D eigenvalue weighted by molar-refractivity contribution is -0.127. The van der Waals surface area contributed by atoms with Crippen molar-refractivity contribution in [3.05, 3.63) is 58.4 Å². The van der Waals surface area contributed by atoms with Crippen LogP contribution in [0.25, 0.3) is 6.08 Å². The number of para-hydroxylation sites is 1. The van der Waals surface area contributed by atoms with E-state index in [9.17, 15) is 9.59 Å². The molecule has 1 saturated carbocycles. The molecule has 1 aliphatic carbocycles. The molecule has 2 aliphatic rings. The van der Waals surface area contributed by atoms with Gasteiger partial charge in [-0.2, -0.15) is 0 Å². The van der Waals surface area contributed by atoms with Gasteiger partial charge in [-0.05, 0) is 69.4 Å². The van der Waals surface area contributed by atoms with E-state index in [0.717, 1.165) is 22.4 Å². The summed E-state index contributed by atoms with van der Waals surface area (Å²) in [6.45, 7) is 11.3. The lowest BCUT2D eigenvalue weighted by Gasteiger charge is -2.33. The molecule has 170 valence electrons. The average Bonchev–Trinajstić information content (AvgIpc) is 3.54. The minimum atomic E-state index is -0.00640. The minimum absolute atomic E-state index is 0.00640. The number of nitrogens with zero attached hydrogens (tertiary/aromatic N) is 3. The van der Waals surface area contributed by atoms with Gasteiger partial charge in [-0.3, -0.25) is 14.5 Å². The van der Waals surface area contributed by atoms with Gasteiger partial charge in [0.15, 0.2) is 0 Å². The average molecular weight is 435 g/mol. The quantitative estimate of drug-likeness (QED) is 0.703. The summed E-state index contributed by atoms with van der Waals surface area (Å²) in [6.07, 6.45) is 6.16. The van der Waals surface area contributed by atoms with E-state index < -0.39 is 0 Å². The summed E-state index contributed by atoms with van der Waals surface area (Å²) < 4.78 is 2.40. The Kier molecular flexibility index (Phi) is 6.51. The zero-order valence-corrected chi connectivity index (χ0v) is 19.6. The molecule has 1 N–H and O–H groups in total. The largest absolute Gasteiger partial charge is 0.346 e. The number of aryl methyl sites for hydroxylation is 3. The fourth-order valence-electron chi connectivity index (χ4n) is 4.65. The molecular weight excluding hydrogens is 400 g/mol. The summed E-state index contributed by atoms with van der Waals surface area (Å²) in [5.41, 5.74) is 6.68. The van der Waals surface area contributed by atoms with Crippen LogP contribution < -0.4 is 5.32 Å². The molecule has 0 atom stereocenters. The van der Waals surface area contributed by atoms with Crippen molar-refractivity contribution < 1.29 is 9.59 Å². The summed E-state index contributed by atoms with van der Waals surface area (Å²) in [4.78, 5) is 29.2. The van der Waals surface area contributed by atoms with Crippen LogP contribution in [0.2, 0.25) is 0 Å². The van der Waals surface area contributed by atoms with E-state index in [4.69, 9.17) is 0 Å². The van der Waals surface area contributed by atoms with Gasteiger partial charge in [0.2, 0.25) is 11.8 Å². The van der Waals surface area contributed by atoms with E-state index in [1.54, 1.807) is 6.08 Å². The number of hydrogen-bond acceptors (Lipinski definition) is 3. The highest BCUT2D eigenvalue weighted by molar-refractivity contribution is 5.94. The fraction of sp³-hybridized carbons (Fsp3) is 0.462. The predicted octanol–water partition coefficient (Wildman–Crippen LogP) is 3.85. The lowest BCUT2D eigenvalue weighted by Crippen LogP contribution is -2.50. The van der Waals surface area contributed by atoms with Crippen molar-refractivity contribution in [2.45, 2.75) is 46.6 Å². The van der Waals surface area contributed by atoms with E-state index >= 15 is 0 Å². The van der Waals surface area contributed by atoms with Crippen molar-refractivity contribution in [2.75, 3.05) is 38.0 Å². The molecular formula is C26H34N4O2. The molecule has 1 aromatic carbocycles. The molecule has 2 amide bonds. The Bertz CT molecular complexity index is 1020. The first-order valence-corrected chi connectivity index (χ1v) is 11.6. The molecule has 2 fully saturated rings. The molecule has 32 heavy (non-hydrogen) atoms. The van der Waals surface area contributed by atoms with Crippen LogP contribution in [0.5, 0.6) is 0 Å². The van der Waals surface area contributed by atoms with Gasteiger partial charge in [0, 0.05) is 55.4 Å². The number of nitrogens with one attached hydrogen (secondary N) is 1. The Labute approximate surface area is 190 Å². The number of amides is 2. The van der Waals surface area contributed by atoms with Crippen LogP contribution in [0.1, 0.15) is 47.0 Å². The minimum Gasteiger partial charge on any atom is -0.346 e. The second kappa shape index (κ2) is 9.33. The highest BCUT2D eigenvalue weighted by Crippen LogP contribution is 2.38. The molecule has 4 rings (SSSR count). The van der Waals surface area contributed by atoms with Crippen molar-refractivity contribution in [3.63, 3.8) is 0 Å². The third kappa shape index (κ3) is 4.96. The van der Waals surface area contributed by atoms with Crippen molar-refractivity contribution in [1.29, 1.82) is 0 Å². The Hall–Kier alpha value is -2.86. The van der Waals surface area contributed by atoms with Crippen molar-refractivity contribution in [2.24, 2.45) is 0 Å². The second-order valence-electron chi connectivity index (χ2n) is 9.18. The van der Waals surface area contributed by atoms with Gasteiger partial charge in [-0.1, -0.05) is 18.2 Å². The predicted molar refractivity (Wildman–Crippen MR) is 129 cm³/mol. The van der Waals surface area contributed by atoms with Crippen molar-refractivity contribution in [3.8, 4) is 0 Å². The van der Waals surface area contributed by atoms with E-state index in [-0.39, 0.29) is 11.8 Å². The zero-order valence-electron chi connectivity index (χ0n) is 19.6. The summed E-state index contributed by atoms with van der Waals surface area (Å²) in [6, 6.07) is 8.82. The second-order valence-corrected chi connectivity index (χ2v) is 9.18. The smallest absolute Gasteiger partial charge is 0.246 e. The summed E-state index contributed by atoms with van der Waals surface area (Å²) in [5.74, 6) is 0.0361. The monoisotopic (exact) mass is 434 g/mol. The lowest BCUT2D eigenvalue weighted by atomic mass is 10.1. The molecule has 0 unspecified atom stereocenters. The van der Waals surface area contributed by atoms with Gasteiger partial charge in [0.05, 0.1) is 6.54 Å². The van der Waals surface area contributed by atoms with Crippen LogP contribution in [0.3, 0.4) is 0 Å². The summed E-state index contributed by atoms with van der Waals surface area (Å²) in [5, 5.41) is 3.05. The summed E-state index contributed by atoms with van der Waals surface area (Å²) in [7, 11) is 0. The number of benzene rings is 1. The SMILES string of the molecule is Cc1cccc(C)c1NC(=O)CN1CCN(C(=O)C=Cc2cc(C)n(C3CC3)c2C)CC1. The summed E-state index contributed by atoms with van der Waals surface area (Å²) >= 11 is 0. The van der Waals surface area contributed by atoms with E-state index in [1.807, 2.05) is 43.0 Å². The number of rotatable bonds is 6. The molecule has 6 heteroatoms. The molecule has 2 heterocycles. The van der Waals surface area contributed by atoms with E-state index in [2.05, 4.69) is 34.7 Å². The first kappa shape index (κ1) is 22.3. The third-order valence-electron chi connectivity index (χ3n) is 6.64. The molecule has 2 aromatic rings. The maximum absolute atomic E-state index is 12.7. The van der Waals surface area contributed by atoms with Crippen LogP contribution in [0, 0.1) is 27.7 Å². The Morgan fingerprint density at radius 2 is 1.69 bits per heavy atom. The number of carbonyl (C=O) groups is 2. The Morgan fingerprint density at radius 1 is 1.03 bits per heavy atom.